The summed E-state index contributed by atoms with van der Waals surface area (Å²) in [6, 6.07) is 0. The third kappa shape index (κ3) is 13.2. The normalized spacial score (nSPS) is 20.1. The Labute approximate surface area is 140 Å². The second kappa shape index (κ2) is 14.2. The van der Waals surface area contributed by atoms with E-state index >= 15 is 0 Å². The maximum Gasteiger partial charge on any atom is 0.306 e. The molecule has 0 spiro atoms. The monoisotopic (exact) mass is 344 g/mol. The summed E-state index contributed by atoms with van der Waals surface area (Å²) in [5, 5.41) is 50.1. The van der Waals surface area contributed by atoms with E-state index in [2.05, 4.69) is 85.4 Å². The van der Waals surface area contributed by atoms with E-state index in [1.165, 1.54) is 0 Å². The number of hydrogen-bond acceptors (Lipinski definition) is 3. The Kier molecular flexibility index (Phi) is 7.51. The lowest BCUT2D eigenvalue weighted by Gasteiger charge is -2.03. The predicted octanol–water partition coefficient (Wildman–Crippen LogP) is 3.53. The number of carboxylic acid groups (broad SMARTS) is 1. The van der Waals surface area contributed by atoms with Crippen molar-refractivity contribution in [2.75, 3.05) is 0 Å². The lowest BCUT2D eigenvalue weighted by Crippen LogP contribution is -2.08. The second-order valence-electron chi connectivity index (χ2n) is 2.92. The minimum Gasteiger partial charge on any atom is -0.481 e. The molecule has 0 fully saturated rings. The minimum absolute atomic E-state index is 0.694. The van der Waals surface area contributed by atoms with Crippen LogP contribution in [0.4, 0.5) is 0 Å². The van der Waals surface area contributed by atoms with E-state index in [4.69, 9.17) is 12.0 Å². The molecule has 0 heterocycles. The van der Waals surface area contributed by atoms with Gasteiger partial charge in [0.15, 0.2) is 0 Å². The van der Waals surface area contributed by atoms with Gasteiger partial charge in [-0.1, -0.05) is 18.7 Å². The topological polar surface area (TPSA) is 236 Å². The largest absolute Gasteiger partial charge is 0.481 e. The number of carboxylic acids is 1. The molecule has 128 valence electrons. The van der Waals surface area contributed by atoms with Crippen LogP contribution in [0.25, 0.3) is 0 Å². The summed E-state index contributed by atoms with van der Waals surface area (Å²) in [7, 11) is 0. The summed E-state index contributed by atoms with van der Waals surface area (Å²) in [5.74, 6) is -0.121. The Balaban J connectivity index is 4.84. The molecule has 0 aromatic carbocycles. The van der Waals surface area contributed by atoms with Crippen molar-refractivity contribution in [2.45, 2.75) is 19.7 Å². The van der Waals surface area contributed by atoms with Crippen LogP contribution in [0, 0.1) is 5.89 Å². The average Bonchev–Trinajstić information content (AvgIpc) is 2.64. The molecule has 0 rings (SSSR count). The summed E-state index contributed by atoms with van der Waals surface area (Å²) in [6.45, 7) is 3.85. The van der Waals surface area contributed by atoms with Crippen LogP contribution in [-0.2, 0) is 4.79 Å². The summed E-state index contributed by atoms with van der Waals surface area (Å²) in [4.78, 5) is 11.0. The molecule has 17 nitrogen and oxygen atoms in total. The highest BCUT2D eigenvalue weighted by Crippen LogP contribution is 2.12. The number of hydrogen-bond donors (Lipinski definition) is 2. The lowest BCUT2D eigenvalue weighted by molar-refractivity contribution is -0.141. The van der Waals surface area contributed by atoms with Crippen LogP contribution in [0.2, 0.25) is 0 Å². The standard InChI is InChI=1S/C7H13N15O2/c1-5(7(23)24)3-4-6(2)9-11-13-15-17-19-21-22-20-18-16-14-12-10-8/h5H,2-4H2,1H3,(H,23,24)(H2,8,9,12,13,16,17,20,21)/i3D2,4D2,5D. The van der Waals surface area contributed by atoms with Crippen LogP contribution in [0.1, 0.15) is 26.5 Å². The molecule has 0 aromatic rings. The van der Waals surface area contributed by atoms with E-state index in [0.29, 0.717) is 6.92 Å². The van der Waals surface area contributed by atoms with E-state index in [-0.39, 0.29) is 0 Å². The van der Waals surface area contributed by atoms with Crippen LogP contribution in [0.15, 0.2) is 85.3 Å². The zero-order chi connectivity index (χ0) is 22.6. The first kappa shape index (κ1) is 12.7. The lowest BCUT2D eigenvalue weighted by atomic mass is 10.1. The van der Waals surface area contributed by atoms with Crippen LogP contribution < -0.4 is 5.84 Å². The maximum absolute atomic E-state index is 11.0. The summed E-state index contributed by atoms with van der Waals surface area (Å²) in [6.07, 6.45) is -6.30. The van der Waals surface area contributed by atoms with Gasteiger partial charge in [0.1, 0.15) is 0 Å². The van der Waals surface area contributed by atoms with Gasteiger partial charge in [-0.2, -0.15) is 0 Å². The molecule has 0 saturated carbocycles. The van der Waals surface area contributed by atoms with Gasteiger partial charge < -0.3 is 10.9 Å². The molecular weight excluding hydrogens is 326 g/mol. The van der Waals surface area contributed by atoms with Gasteiger partial charge in [-0.3, -0.25) is 4.79 Å². The third-order valence-corrected chi connectivity index (χ3v) is 1.37. The van der Waals surface area contributed by atoms with Crippen molar-refractivity contribution in [2.24, 2.45) is 84.8 Å². The molecule has 0 aliphatic heterocycles. The van der Waals surface area contributed by atoms with Crippen LogP contribution >= 0.6 is 0 Å². The zero-order valence-electron chi connectivity index (χ0n) is 16.9. The number of aliphatic carboxylic acids is 1. The molecule has 0 saturated heterocycles. The molecule has 0 bridgehead atoms. The number of carbonyl (C=O) groups is 1. The van der Waals surface area contributed by atoms with E-state index < -0.39 is 30.3 Å². The third-order valence-electron chi connectivity index (χ3n) is 1.37. The predicted molar refractivity (Wildman–Crippen MR) is 73.4 cm³/mol. The molecule has 0 aliphatic carbocycles. The summed E-state index contributed by atoms with van der Waals surface area (Å²) < 4.78 is 38.3. The average molecular weight is 344 g/mol. The van der Waals surface area contributed by atoms with Gasteiger partial charge >= 0.3 is 5.97 Å². The fourth-order valence-corrected chi connectivity index (χ4v) is 0.520. The van der Waals surface area contributed by atoms with Gasteiger partial charge in [0.25, 0.3) is 0 Å². The molecule has 3 N–H and O–H groups in total. The number of rotatable bonds is 11. The highest BCUT2D eigenvalue weighted by atomic mass is 16.4. The van der Waals surface area contributed by atoms with Gasteiger partial charge in [0, 0.05) is 6.85 Å². The Morgan fingerprint density at radius 2 is 1.46 bits per heavy atom. The highest BCUT2D eigenvalue weighted by molar-refractivity contribution is 5.69. The summed E-state index contributed by atoms with van der Waals surface area (Å²) in [5.41, 5.74) is -0.846. The van der Waals surface area contributed by atoms with Crippen molar-refractivity contribution in [3.05, 3.63) is 12.3 Å². The Morgan fingerprint density at radius 3 is 1.88 bits per heavy atom. The zero-order valence-corrected chi connectivity index (χ0v) is 11.9. The fraction of sp³-hybridized carbons (Fsp3) is 0.571. The summed E-state index contributed by atoms with van der Waals surface area (Å²) >= 11 is 0. The first-order chi connectivity index (χ1) is 13.4. The number of nitrogens with zero attached hydrogens (tertiary/aromatic N) is 14. The van der Waals surface area contributed by atoms with Crippen molar-refractivity contribution < 1.29 is 16.8 Å². The second-order valence-corrected chi connectivity index (χ2v) is 2.92. The van der Waals surface area contributed by atoms with Gasteiger partial charge in [0.2, 0.25) is 0 Å². The van der Waals surface area contributed by atoms with Gasteiger partial charge in [-0.05, 0) is 75.4 Å². The smallest absolute Gasteiger partial charge is 0.306 e. The van der Waals surface area contributed by atoms with E-state index in [1.54, 1.807) is 0 Å². The minimum atomic E-state index is -3.22. The molecule has 24 heavy (non-hydrogen) atoms. The van der Waals surface area contributed by atoms with Crippen LogP contribution in [-0.4, -0.2) is 11.1 Å². The highest BCUT2D eigenvalue weighted by Gasteiger charge is 2.10. The van der Waals surface area contributed by atoms with E-state index in [0.717, 1.165) is 0 Å². The van der Waals surface area contributed by atoms with Gasteiger partial charge in [-0.15, -0.1) is 5.11 Å². The number of nitrogens with two attached hydrogens (primary N) is 1. The molecule has 0 aromatic heterocycles. The molecule has 17 heteroatoms. The quantitative estimate of drug-likeness (QED) is 0.325. The van der Waals surface area contributed by atoms with Crippen molar-refractivity contribution in [1.82, 2.24) is 0 Å². The van der Waals surface area contributed by atoms with Crippen LogP contribution in [0.5, 0.6) is 0 Å². The Bertz CT molecular complexity index is 784. The van der Waals surface area contributed by atoms with Gasteiger partial charge in [0.05, 0.1) is 11.6 Å². The van der Waals surface area contributed by atoms with Gasteiger partial charge in [-0.25, -0.2) is 0 Å². The first-order valence-corrected chi connectivity index (χ1v) is 5.36. The molecule has 0 amide bonds. The van der Waals surface area contributed by atoms with Crippen molar-refractivity contribution >= 4 is 5.97 Å². The van der Waals surface area contributed by atoms with Crippen molar-refractivity contribution in [1.29, 1.82) is 0 Å². The molecule has 0 radical (unpaired) electrons. The molecular formula is C7H13N15O2. The van der Waals surface area contributed by atoms with Crippen molar-refractivity contribution in [3.63, 3.8) is 0 Å². The Hall–Kier alpha value is -3.79. The first-order valence-electron chi connectivity index (χ1n) is 7.86. The molecule has 1 unspecified atom stereocenters. The fourth-order valence-electron chi connectivity index (χ4n) is 0.520. The van der Waals surface area contributed by atoms with E-state index in [9.17, 15) is 4.79 Å². The number of allylic oxidation sites excluding steroid dienone is 1. The molecule has 1 atom stereocenters. The van der Waals surface area contributed by atoms with Crippen molar-refractivity contribution in [3.8, 4) is 0 Å². The maximum atomic E-state index is 11.0. The van der Waals surface area contributed by atoms with Crippen LogP contribution in [0.3, 0.4) is 0 Å². The molecule has 0 aliphatic rings. The van der Waals surface area contributed by atoms with E-state index in [1.807, 2.05) is 0 Å². The Morgan fingerprint density at radius 1 is 1.04 bits per heavy atom. The SMILES string of the molecule is [2H]C([2H])(C(=C)/N=N/N=N/N=N/N=N/N=N/N=N/N=N/N)C([2H])([2H])C([2H])(C)C(=O)O.